The molecular formula is C15H20ClN3O. The lowest BCUT2D eigenvalue weighted by Crippen LogP contribution is -2.25. The van der Waals surface area contributed by atoms with Crippen molar-refractivity contribution in [2.45, 2.75) is 19.5 Å². The van der Waals surface area contributed by atoms with E-state index in [4.69, 9.17) is 16.3 Å². The van der Waals surface area contributed by atoms with Crippen molar-refractivity contribution in [3.63, 3.8) is 0 Å². The van der Waals surface area contributed by atoms with Crippen molar-refractivity contribution in [1.29, 1.82) is 0 Å². The van der Waals surface area contributed by atoms with E-state index in [9.17, 15) is 0 Å². The van der Waals surface area contributed by atoms with E-state index in [0.717, 1.165) is 12.2 Å². The summed E-state index contributed by atoms with van der Waals surface area (Å²) in [7, 11) is 1.68. The summed E-state index contributed by atoms with van der Waals surface area (Å²) in [6.07, 6.45) is 1.69. The third kappa shape index (κ3) is 3.39. The fourth-order valence-electron chi connectivity index (χ4n) is 2.24. The molecule has 0 radical (unpaired) electrons. The highest BCUT2D eigenvalue weighted by Crippen LogP contribution is 2.28. The van der Waals surface area contributed by atoms with Crippen LogP contribution in [-0.2, 0) is 11.3 Å². The molecule has 1 N–H and O–H groups in total. The lowest BCUT2D eigenvalue weighted by molar-refractivity contribution is 0.182. The van der Waals surface area contributed by atoms with E-state index >= 15 is 0 Å². The van der Waals surface area contributed by atoms with Gasteiger partial charge in [0.25, 0.3) is 0 Å². The van der Waals surface area contributed by atoms with Gasteiger partial charge in [-0.1, -0.05) is 48.9 Å². The van der Waals surface area contributed by atoms with Crippen LogP contribution in [0.5, 0.6) is 0 Å². The summed E-state index contributed by atoms with van der Waals surface area (Å²) < 4.78 is 7.04. The molecule has 0 spiro atoms. The first-order chi connectivity index (χ1) is 9.77. The highest BCUT2D eigenvalue weighted by Gasteiger charge is 2.21. The molecule has 2 rings (SSSR count). The zero-order chi connectivity index (χ0) is 14.4. The summed E-state index contributed by atoms with van der Waals surface area (Å²) in [6, 6.07) is 10.3. The molecule has 1 heterocycles. The summed E-state index contributed by atoms with van der Waals surface area (Å²) in [5.74, 6) is 0. The molecule has 20 heavy (non-hydrogen) atoms. The zero-order valence-electron chi connectivity index (χ0n) is 11.8. The maximum Gasteiger partial charge on any atom is 0.0837 e. The van der Waals surface area contributed by atoms with Crippen LogP contribution in [0.15, 0.2) is 36.5 Å². The standard InChI is InChI=1S/C15H20ClN3O/c1-3-17-14(12-7-5-4-6-8-12)15-13(16)11-18-19(15)9-10-20-2/h4-8,11,14,17H,3,9-10H2,1-2H3. The Hall–Kier alpha value is -1.36. The quantitative estimate of drug-likeness (QED) is 0.853. The molecule has 5 heteroatoms. The Bertz CT molecular complexity index is 527. The number of nitrogens with one attached hydrogen (secondary N) is 1. The van der Waals surface area contributed by atoms with Gasteiger partial charge in [0.15, 0.2) is 0 Å². The van der Waals surface area contributed by atoms with Crippen LogP contribution in [0.2, 0.25) is 5.02 Å². The molecule has 2 aromatic rings. The van der Waals surface area contributed by atoms with Gasteiger partial charge in [-0.2, -0.15) is 5.10 Å². The number of hydrogen-bond donors (Lipinski definition) is 1. The minimum Gasteiger partial charge on any atom is -0.383 e. The second-order valence-electron chi connectivity index (χ2n) is 4.50. The Balaban J connectivity index is 2.36. The topological polar surface area (TPSA) is 39.1 Å². The van der Waals surface area contributed by atoms with Gasteiger partial charge in [0.05, 0.1) is 36.1 Å². The molecule has 1 aromatic heterocycles. The fraction of sp³-hybridized carbons (Fsp3) is 0.400. The Labute approximate surface area is 124 Å². The third-order valence-corrected chi connectivity index (χ3v) is 3.45. The van der Waals surface area contributed by atoms with E-state index in [0.29, 0.717) is 18.2 Å². The molecule has 0 saturated carbocycles. The van der Waals surface area contributed by atoms with Gasteiger partial charge in [-0.15, -0.1) is 0 Å². The summed E-state index contributed by atoms with van der Waals surface area (Å²) >= 11 is 6.34. The van der Waals surface area contributed by atoms with Crippen LogP contribution in [-0.4, -0.2) is 30.0 Å². The molecular weight excluding hydrogens is 274 g/mol. The van der Waals surface area contributed by atoms with Crippen LogP contribution in [0.1, 0.15) is 24.2 Å². The molecule has 4 nitrogen and oxygen atoms in total. The minimum absolute atomic E-state index is 0.0352. The van der Waals surface area contributed by atoms with E-state index in [1.807, 2.05) is 22.9 Å². The van der Waals surface area contributed by atoms with Crippen LogP contribution in [0.4, 0.5) is 0 Å². The van der Waals surface area contributed by atoms with Gasteiger partial charge in [0.1, 0.15) is 0 Å². The van der Waals surface area contributed by atoms with Crippen molar-refractivity contribution >= 4 is 11.6 Å². The predicted octanol–water partition coefficient (Wildman–Crippen LogP) is 2.88. The van der Waals surface area contributed by atoms with Gasteiger partial charge >= 0.3 is 0 Å². The number of aromatic nitrogens is 2. The van der Waals surface area contributed by atoms with E-state index in [1.165, 1.54) is 5.56 Å². The van der Waals surface area contributed by atoms with Crippen molar-refractivity contribution in [2.24, 2.45) is 0 Å². The molecule has 0 aliphatic rings. The van der Waals surface area contributed by atoms with Crippen molar-refractivity contribution < 1.29 is 4.74 Å². The summed E-state index contributed by atoms with van der Waals surface area (Å²) in [5, 5.41) is 8.50. The number of ether oxygens (including phenoxy) is 1. The highest BCUT2D eigenvalue weighted by molar-refractivity contribution is 6.31. The van der Waals surface area contributed by atoms with E-state index in [1.54, 1.807) is 13.3 Å². The third-order valence-electron chi connectivity index (χ3n) is 3.16. The maximum atomic E-state index is 6.34. The molecule has 0 bridgehead atoms. The first-order valence-electron chi connectivity index (χ1n) is 6.76. The number of hydrogen-bond acceptors (Lipinski definition) is 3. The lowest BCUT2D eigenvalue weighted by atomic mass is 10.0. The first kappa shape index (κ1) is 15.0. The normalized spacial score (nSPS) is 12.6. The lowest BCUT2D eigenvalue weighted by Gasteiger charge is -2.20. The fourth-order valence-corrected chi connectivity index (χ4v) is 2.49. The average molecular weight is 294 g/mol. The van der Waals surface area contributed by atoms with Crippen molar-refractivity contribution in [3.8, 4) is 0 Å². The monoisotopic (exact) mass is 293 g/mol. The molecule has 0 saturated heterocycles. The second-order valence-corrected chi connectivity index (χ2v) is 4.90. The Morgan fingerprint density at radius 3 is 2.75 bits per heavy atom. The molecule has 0 aliphatic heterocycles. The van der Waals surface area contributed by atoms with Gasteiger partial charge < -0.3 is 10.1 Å². The number of nitrogens with zero attached hydrogens (tertiary/aromatic N) is 2. The van der Waals surface area contributed by atoms with Crippen LogP contribution in [0.25, 0.3) is 0 Å². The maximum absolute atomic E-state index is 6.34. The van der Waals surface area contributed by atoms with E-state index in [-0.39, 0.29) is 6.04 Å². The Morgan fingerprint density at radius 2 is 2.10 bits per heavy atom. The van der Waals surface area contributed by atoms with Gasteiger partial charge in [-0.25, -0.2) is 0 Å². The molecule has 0 amide bonds. The average Bonchev–Trinajstić information content (AvgIpc) is 2.84. The smallest absolute Gasteiger partial charge is 0.0837 e. The summed E-state index contributed by atoms with van der Waals surface area (Å²) in [5.41, 5.74) is 2.16. The Kier molecular flexibility index (Phi) is 5.59. The van der Waals surface area contributed by atoms with Gasteiger partial charge in [0.2, 0.25) is 0 Å². The SMILES string of the molecule is CCNC(c1ccccc1)c1c(Cl)cnn1CCOC. The first-order valence-corrected chi connectivity index (χ1v) is 7.14. The minimum atomic E-state index is 0.0352. The zero-order valence-corrected chi connectivity index (χ0v) is 12.6. The molecule has 1 atom stereocenters. The van der Waals surface area contributed by atoms with Crippen LogP contribution >= 0.6 is 11.6 Å². The van der Waals surface area contributed by atoms with Crippen LogP contribution in [0.3, 0.4) is 0 Å². The van der Waals surface area contributed by atoms with Gasteiger partial charge in [-0.3, -0.25) is 4.68 Å². The summed E-state index contributed by atoms with van der Waals surface area (Å²) in [6.45, 7) is 4.23. The van der Waals surface area contributed by atoms with Gasteiger partial charge in [-0.05, 0) is 12.1 Å². The number of halogens is 1. The van der Waals surface area contributed by atoms with Crippen molar-refractivity contribution in [2.75, 3.05) is 20.3 Å². The molecule has 0 fully saturated rings. The molecule has 1 unspecified atom stereocenters. The number of rotatable bonds is 7. The van der Waals surface area contributed by atoms with Crippen LogP contribution in [0, 0.1) is 0 Å². The number of methoxy groups -OCH3 is 1. The van der Waals surface area contributed by atoms with Gasteiger partial charge in [0, 0.05) is 7.11 Å². The molecule has 108 valence electrons. The van der Waals surface area contributed by atoms with E-state index < -0.39 is 0 Å². The molecule has 0 aliphatic carbocycles. The Morgan fingerprint density at radius 1 is 1.35 bits per heavy atom. The highest BCUT2D eigenvalue weighted by atomic mass is 35.5. The van der Waals surface area contributed by atoms with Crippen molar-refractivity contribution in [1.82, 2.24) is 15.1 Å². The number of benzene rings is 1. The molecule has 1 aromatic carbocycles. The van der Waals surface area contributed by atoms with Crippen molar-refractivity contribution in [3.05, 3.63) is 52.8 Å². The predicted molar refractivity (Wildman–Crippen MR) is 81.1 cm³/mol. The van der Waals surface area contributed by atoms with E-state index in [2.05, 4.69) is 29.5 Å². The second kappa shape index (κ2) is 7.43. The summed E-state index contributed by atoms with van der Waals surface area (Å²) in [4.78, 5) is 0. The van der Waals surface area contributed by atoms with Crippen LogP contribution < -0.4 is 5.32 Å². The largest absolute Gasteiger partial charge is 0.383 e.